The van der Waals surface area contributed by atoms with Gasteiger partial charge in [0, 0.05) is 6.20 Å². The van der Waals surface area contributed by atoms with E-state index in [0.29, 0.717) is 4.32 Å². The molecule has 2 nitrogen and oxygen atoms in total. The first-order chi connectivity index (χ1) is 4.79. The Kier molecular flexibility index (Phi) is 2.65. The van der Waals surface area contributed by atoms with E-state index in [1.807, 2.05) is 18.2 Å². The number of thioether (sulfide) groups is 1. The largest absolute Gasteiger partial charge is 0.384 e. The van der Waals surface area contributed by atoms with Crippen LogP contribution in [0.15, 0.2) is 29.4 Å². The van der Waals surface area contributed by atoms with Crippen molar-refractivity contribution in [2.75, 3.05) is 0 Å². The fraction of sp³-hybridized carbons (Fsp3) is 0. The summed E-state index contributed by atoms with van der Waals surface area (Å²) in [5.74, 6) is 0. The van der Waals surface area contributed by atoms with Gasteiger partial charge >= 0.3 is 0 Å². The highest BCUT2D eigenvalue weighted by Crippen LogP contribution is 2.12. The van der Waals surface area contributed by atoms with Crippen molar-refractivity contribution in [3.8, 4) is 0 Å². The molecule has 0 bridgehead atoms. The number of pyridine rings is 1. The van der Waals surface area contributed by atoms with E-state index in [0.717, 1.165) is 5.03 Å². The van der Waals surface area contributed by atoms with E-state index in [9.17, 15) is 0 Å². The third-order valence-electron chi connectivity index (χ3n) is 0.843. The van der Waals surface area contributed by atoms with Gasteiger partial charge in [-0.15, -0.1) is 0 Å². The van der Waals surface area contributed by atoms with Crippen LogP contribution in [0.5, 0.6) is 0 Å². The molecule has 0 fully saturated rings. The van der Waals surface area contributed by atoms with Crippen molar-refractivity contribution in [2.45, 2.75) is 5.03 Å². The van der Waals surface area contributed by atoms with Crippen LogP contribution in [0.2, 0.25) is 0 Å². The van der Waals surface area contributed by atoms with Crippen LogP contribution in [-0.2, 0) is 0 Å². The van der Waals surface area contributed by atoms with Crippen LogP contribution in [0.25, 0.3) is 0 Å². The Morgan fingerprint density at radius 3 is 2.90 bits per heavy atom. The van der Waals surface area contributed by atoms with Gasteiger partial charge in [-0.25, -0.2) is 4.98 Å². The van der Waals surface area contributed by atoms with E-state index >= 15 is 0 Å². The summed E-state index contributed by atoms with van der Waals surface area (Å²) in [4.78, 5) is 4.01. The summed E-state index contributed by atoms with van der Waals surface area (Å²) in [5, 5.41) is 0.843. The summed E-state index contributed by atoms with van der Waals surface area (Å²) >= 11 is 5.97. The first-order valence-electron chi connectivity index (χ1n) is 2.67. The van der Waals surface area contributed by atoms with Crippen LogP contribution < -0.4 is 5.73 Å². The molecule has 0 unspecified atom stereocenters. The molecule has 0 aliphatic heterocycles. The molecule has 10 heavy (non-hydrogen) atoms. The summed E-state index contributed by atoms with van der Waals surface area (Å²) in [6, 6.07) is 5.61. The molecule has 1 aromatic heterocycles. The van der Waals surface area contributed by atoms with Crippen molar-refractivity contribution in [3.05, 3.63) is 24.4 Å². The van der Waals surface area contributed by atoms with Gasteiger partial charge in [-0.3, -0.25) is 0 Å². The number of nitrogens with two attached hydrogens (primary N) is 1. The Morgan fingerprint density at radius 2 is 2.40 bits per heavy atom. The van der Waals surface area contributed by atoms with E-state index in [1.165, 1.54) is 11.8 Å². The molecule has 0 saturated heterocycles. The lowest BCUT2D eigenvalue weighted by atomic mass is 10.5. The van der Waals surface area contributed by atoms with Gasteiger partial charge in [0.05, 0.1) is 0 Å². The van der Waals surface area contributed by atoms with Crippen molar-refractivity contribution in [2.24, 2.45) is 5.73 Å². The number of thiocarbonyl (C=S) groups is 1. The molecule has 0 aliphatic carbocycles. The molecule has 0 aliphatic rings. The van der Waals surface area contributed by atoms with E-state index in [4.69, 9.17) is 5.73 Å². The number of nitrogens with zero attached hydrogens (tertiary/aromatic N) is 1. The predicted octanol–water partition coefficient (Wildman–Crippen LogP) is 1.42. The zero-order valence-corrected chi connectivity index (χ0v) is 6.78. The average molecular weight is 170 g/mol. The molecular formula is C6H6N2S2. The van der Waals surface area contributed by atoms with Gasteiger partial charge in [0.1, 0.15) is 9.35 Å². The van der Waals surface area contributed by atoms with Gasteiger partial charge in [-0.2, -0.15) is 0 Å². The van der Waals surface area contributed by atoms with Gasteiger partial charge < -0.3 is 5.73 Å². The number of hydrogen-bond donors (Lipinski definition) is 1. The maximum atomic E-state index is 5.28. The standard InChI is InChI=1S/C6H6N2S2/c7-6(9)10-5-3-1-2-4-8-5/h1-4H,(H2,7,9). The van der Waals surface area contributed by atoms with Gasteiger partial charge in [0.15, 0.2) is 0 Å². The number of hydrogen-bond acceptors (Lipinski definition) is 3. The minimum atomic E-state index is 0.402. The lowest BCUT2D eigenvalue weighted by molar-refractivity contribution is 1.14. The highest BCUT2D eigenvalue weighted by Gasteiger charge is 1.93. The minimum Gasteiger partial charge on any atom is -0.384 e. The van der Waals surface area contributed by atoms with Crippen LogP contribution in [-0.4, -0.2) is 9.30 Å². The summed E-state index contributed by atoms with van der Waals surface area (Å²) in [6.45, 7) is 0. The highest BCUT2D eigenvalue weighted by molar-refractivity contribution is 8.22. The Morgan fingerprint density at radius 1 is 1.60 bits per heavy atom. The van der Waals surface area contributed by atoms with E-state index in [2.05, 4.69) is 17.2 Å². The molecule has 0 amide bonds. The molecule has 0 atom stereocenters. The smallest absolute Gasteiger partial charge is 0.137 e. The number of rotatable bonds is 1. The summed E-state index contributed by atoms with van der Waals surface area (Å²) in [6.07, 6.45) is 1.71. The SMILES string of the molecule is NC(=S)Sc1ccccn1. The Balaban J connectivity index is 2.67. The molecule has 2 N–H and O–H groups in total. The molecule has 1 rings (SSSR count). The topological polar surface area (TPSA) is 38.9 Å². The van der Waals surface area contributed by atoms with Crippen LogP contribution in [0.4, 0.5) is 0 Å². The molecule has 0 saturated carbocycles. The monoisotopic (exact) mass is 170 g/mol. The van der Waals surface area contributed by atoms with Crippen molar-refractivity contribution in [3.63, 3.8) is 0 Å². The lowest BCUT2D eigenvalue weighted by Crippen LogP contribution is -2.01. The van der Waals surface area contributed by atoms with Crippen LogP contribution in [0, 0.1) is 0 Å². The Bertz CT molecular complexity index is 222. The molecule has 1 heterocycles. The van der Waals surface area contributed by atoms with Gasteiger partial charge in [0.25, 0.3) is 0 Å². The zero-order chi connectivity index (χ0) is 7.40. The second-order valence-electron chi connectivity index (χ2n) is 1.59. The number of aromatic nitrogens is 1. The summed E-state index contributed by atoms with van der Waals surface area (Å²) in [7, 11) is 0. The fourth-order valence-corrected chi connectivity index (χ4v) is 1.23. The first-order valence-corrected chi connectivity index (χ1v) is 3.90. The van der Waals surface area contributed by atoms with Crippen molar-refractivity contribution in [1.29, 1.82) is 0 Å². The maximum Gasteiger partial charge on any atom is 0.137 e. The second kappa shape index (κ2) is 3.53. The molecule has 4 heteroatoms. The highest BCUT2D eigenvalue weighted by atomic mass is 32.2. The molecular weight excluding hydrogens is 164 g/mol. The van der Waals surface area contributed by atoms with Crippen molar-refractivity contribution in [1.82, 2.24) is 4.98 Å². The second-order valence-corrected chi connectivity index (χ2v) is 3.35. The van der Waals surface area contributed by atoms with E-state index < -0.39 is 0 Å². The molecule has 0 aromatic carbocycles. The third-order valence-corrected chi connectivity index (χ3v) is 1.74. The first kappa shape index (κ1) is 7.50. The summed E-state index contributed by atoms with van der Waals surface area (Å²) < 4.78 is 0.402. The van der Waals surface area contributed by atoms with Gasteiger partial charge in [0.2, 0.25) is 0 Å². The third kappa shape index (κ3) is 2.33. The lowest BCUT2D eigenvalue weighted by Gasteiger charge is -1.93. The molecule has 0 spiro atoms. The van der Waals surface area contributed by atoms with Crippen LogP contribution >= 0.6 is 24.0 Å². The van der Waals surface area contributed by atoms with E-state index in [-0.39, 0.29) is 0 Å². The van der Waals surface area contributed by atoms with Crippen LogP contribution in [0.1, 0.15) is 0 Å². The Labute approximate surface area is 68.8 Å². The van der Waals surface area contributed by atoms with Gasteiger partial charge in [-0.05, 0) is 23.9 Å². The molecule has 52 valence electrons. The molecule has 0 radical (unpaired) electrons. The fourth-order valence-electron chi connectivity index (χ4n) is 0.511. The van der Waals surface area contributed by atoms with Crippen molar-refractivity contribution >= 4 is 28.3 Å². The predicted molar refractivity (Wildman–Crippen MR) is 46.9 cm³/mol. The van der Waals surface area contributed by atoms with Gasteiger partial charge in [-0.1, -0.05) is 18.3 Å². The minimum absolute atomic E-state index is 0.402. The van der Waals surface area contributed by atoms with Crippen molar-refractivity contribution < 1.29 is 0 Å². The average Bonchev–Trinajstić information content (AvgIpc) is 1.88. The quantitative estimate of drug-likeness (QED) is 0.511. The Hall–Kier alpha value is -0.610. The zero-order valence-electron chi connectivity index (χ0n) is 5.15. The summed E-state index contributed by atoms with van der Waals surface area (Å²) in [5.41, 5.74) is 5.28. The normalized spacial score (nSPS) is 9.20. The maximum absolute atomic E-state index is 5.28. The van der Waals surface area contributed by atoms with Crippen LogP contribution in [0.3, 0.4) is 0 Å². The van der Waals surface area contributed by atoms with E-state index in [1.54, 1.807) is 6.20 Å². The molecule has 1 aromatic rings.